The Morgan fingerprint density at radius 3 is 3.00 bits per heavy atom. The third kappa shape index (κ3) is 2.96. The molecule has 0 saturated carbocycles. The zero-order chi connectivity index (χ0) is 15.0. The first-order valence-electron chi connectivity index (χ1n) is 7.31. The summed E-state index contributed by atoms with van der Waals surface area (Å²) in [5.74, 6) is 0. The molecular formula is C15H22N4OS. The fraction of sp³-hybridized carbons (Fsp3) is 0.600. The molecule has 5 nitrogen and oxygen atoms in total. The van der Waals surface area contributed by atoms with E-state index in [0.717, 1.165) is 35.3 Å². The average Bonchev–Trinajstić information content (AvgIpc) is 3.08. The molecule has 21 heavy (non-hydrogen) atoms. The summed E-state index contributed by atoms with van der Waals surface area (Å²) in [6, 6.07) is 0. The van der Waals surface area contributed by atoms with Crippen molar-refractivity contribution in [3.63, 3.8) is 0 Å². The summed E-state index contributed by atoms with van der Waals surface area (Å²) >= 11 is 1.65. The Kier molecular flexibility index (Phi) is 3.75. The molecule has 1 fully saturated rings. The number of rotatable bonds is 4. The van der Waals surface area contributed by atoms with Crippen molar-refractivity contribution in [2.45, 2.75) is 38.7 Å². The van der Waals surface area contributed by atoms with E-state index in [1.165, 1.54) is 0 Å². The van der Waals surface area contributed by atoms with Gasteiger partial charge < -0.3 is 9.64 Å². The van der Waals surface area contributed by atoms with E-state index in [9.17, 15) is 0 Å². The molecular weight excluding hydrogens is 284 g/mol. The quantitative estimate of drug-likeness (QED) is 0.815. The maximum atomic E-state index is 5.72. The second-order valence-electron chi connectivity index (χ2n) is 6.47. The lowest BCUT2D eigenvalue weighted by Gasteiger charge is -2.15. The highest BCUT2D eigenvalue weighted by Gasteiger charge is 2.26. The molecule has 2 aromatic rings. The molecule has 0 amide bonds. The maximum absolute atomic E-state index is 5.72. The van der Waals surface area contributed by atoms with Crippen LogP contribution in [0.15, 0.2) is 18.9 Å². The van der Waals surface area contributed by atoms with Crippen LogP contribution < -0.4 is 4.90 Å². The molecule has 6 heteroatoms. The van der Waals surface area contributed by atoms with E-state index in [0.29, 0.717) is 6.61 Å². The molecule has 3 rings (SSSR count). The molecule has 1 aliphatic heterocycles. The first-order valence-corrected chi connectivity index (χ1v) is 8.13. The van der Waals surface area contributed by atoms with Crippen LogP contribution in [0, 0.1) is 0 Å². The normalized spacial score (nSPS) is 19.6. The number of fused-ring (bicyclic) bond motifs is 1. The molecule has 2 aromatic heterocycles. The predicted molar refractivity (Wildman–Crippen MR) is 86.3 cm³/mol. The van der Waals surface area contributed by atoms with Crippen molar-refractivity contribution in [1.29, 1.82) is 0 Å². The first-order chi connectivity index (χ1) is 9.97. The van der Waals surface area contributed by atoms with Gasteiger partial charge in [0.05, 0.1) is 24.6 Å². The molecule has 0 N–H and O–H groups in total. The molecule has 1 unspecified atom stereocenters. The number of anilines is 1. The Balaban J connectivity index is 1.74. The van der Waals surface area contributed by atoms with Gasteiger partial charge in [0.2, 0.25) is 10.1 Å². The van der Waals surface area contributed by atoms with Gasteiger partial charge in [-0.15, -0.1) is 11.7 Å². The SMILES string of the molecule is C=CCOC1CCN(c2nn3cc(C(C)(C)C)nc3s2)C1. The summed E-state index contributed by atoms with van der Waals surface area (Å²) in [5, 5.41) is 5.70. The Morgan fingerprint density at radius 1 is 1.52 bits per heavy atom. The fourth-order valence-corrected chi connectivity index (χ4v) is 3.34. The largest absolute Gasteiger partial charge is 0.372 e. The van der Waals surface area contributed by atoms with Crippen LogP contribution >= 0.6 is 11.3 Å². The van der Waals surface area contributed by atoms with Crippen LogP contribution in [0.3, 0.4) is 0 Å². The van der Waals surface area contributed by atoms with Crippen molar-refractivity contribution in [3.05, 3.63) is 24.5 Å². The van der Waals surface area contributed by atoms with Gasteiger partial charge in [-0.05, 0) is 6.42 Å². The summed E-state index contributed by atoms with van der Waals surface area (Å²) in [7, 11) is 0. The summed E-state index contributed by atoms with van der Waals surface area (Å²) in [5.41, 5.74) is 1.15. The summed E-state index contributed by atoms with van der Waals surface area (Å²) < 4.78 is 7.62. The Bertz CT molecular complexity index is 608. The predicted octanol–water partition coefficient (Wildman–Crippen LogP) is 2.87. The number of aromatic nitrogens is 3. The smallest absolute Gasteiger partial charge is 0.214 e. The lowest BCUT2D eigenvalue weighted by Crippen LogP contribution is -2.22. The number of imidazole rings is 1. The van der Waals surface area contributed by atoms with Gasteiger partial charge in [0.1, 0.15) is 0 Å². The summed E-state index contributed by atoms with van der Waals surface area (Å²) in [6.45, 7) is 12.7. The average molecular weight is 306 g/mol. The van der Waals surface area contributed by atoms with Crippen LogP contribution in [0.5, 0.6) is 0 Å². The minimum Gasteiger partial charge on any atom is -0.372 e. The van der Waals surface area contributed by atoms with Gasteiger partial charge in [0, 0.05) is 18.5 Å². The second kappa shape index (κ2) is 5.42. The van der Waals surface area contributed by atoms with Crippen LogP contribution in [0.25, 0.3) is 4.96 Å². The molecule has 114 valence electrons. The minimum atomic E-state index is 0.0604. The Hall–Kier alpha value is -1.40. The van der Waals surface area contributed by atoms with Crippen LogP contribution in [-0.4, -0.2) is 40.4 Å². The number of hydrogen-bond donors (Lipinski definition) is 0. The molecule has 0 bridgehead atoms. The van der Waals surface area contributed by atoms with Gasteiger partial charge in [0.25, 0.3) is 0 Å². The van der Waals surface area contributed by atoms with Crippen LogP contribution in [0.1, 0.15) is 32.9 Å². The third-order valence-corrected chi connectivity index (χ3v) is 4.65. The second-order valence-corrected chi connectivity index (χ2v) is 7.40. The van der Waals surface area contributed by atoms with E-state index >= 15 is 0 Å². The van der Waals surface area contributed by atoms with Crippen molar-refractivity contribution in [2.75, 3.05) is 24.6 Å². The van der Waals surface area contributed by atoms with Gasteiger partial charge in [-0.1, -0.05) is 38.2 Å². The number of nitrogens with zero attached hydrogens (tertiary/aromatic N) is 4. The van der Waals surface area contributed by atoms with E-state index < -0.39 is 0 Å². The highest BCUT2D eigenvalue weighted by Crippen LogP contribution is 2.29. The molecule has 0 aliphatic carbocycles. The van der Waals surface area contributed by atoms with E-state index in [1.807, 2.05) is 10.7 Å². The van der Waals surface area contributed by atoms with Crippen molar-refractivity contribution in [1.82, 2.24) is 14.6 Å². The van der Waals surface area contributed by atoms with E-state index in [4.69, 9.17) is 9.72 Å². The lowest BCUT2D eigenvalue weighted by molar-refractivity contribution is 0.0909. The Morgan fingerprint density at radius 2 is 2.33 bits per heavy atom. The maximum Gasteiger partial charge on any atom is 0.214 e. The van der Waals surface area contributed by atoms with Crippen molar-refractivity contribution in [2.24, 2.45) is 0 Å². The molecule has 1 atom stereocenters. The van der Waals surface area contributed by atoms with Gasteiger partial charge in [-0.25, -0.2) is 9.50 Å². The van der Waals surface area contributed by atoms with E-state index in [2.05, 4.69) is 37.3 Å². The Labute approximate surface area is 129 Å². The standard InChI is InChI=1S/C15H22N4OS/c1-5-8-20-11-6-7-18(9-11)14-17-19-10-12(15(2,3)4)16-13(19)21-14/h5,10-11H,1,6-9H2,2-4H3. The van der Waals surface area contributed by atoms with Crippen molar-refractivity contribution in [3.8, 4) is 0 Å². The molecule has 1 saturated heterocycles. The highest BCUT2D eigenvalue weighted by atomic mass is 32.1. The minimum absolute atomic E-state index is 0.0604. The summed E-state index contributed by atoms with van der Waals surface area (Å²) in [6.07, 6.45) is 5.16. The van der Waals surface area contributed by atoms with E-state index in [1.54, 1.807) is 17.4 Å². The topological polar surface area (TPSA) is 42.7 Å². The zero-order valence-corrected chi connectivity index (χ0v) is 13.7. The summed E-state index contributed by atoms with van der Waals surface area (Å²) in [4.78, 5) is 7.94. The van der Waals surface area contributed by atoms with Crippen LogP contribution in [-0.2, 0) is 10.2 Å². The first kappa shape index (κ1) is 14.5. The fourth-order valence-electron chi connectivity index (χ4n) is 2.42. The molecule has 0 spiro atoms. The van der Waals surface area contributed by atoms with Gasteiger partial charge in [-0.2, -0.15) is 0 Å². The van der Waals surface area contributed by atoms with Gasteiger partial charge >= 0.3 is 0 Å². The molecule has 0 radical (unpaired) electrons. The molecule has 1 aliphatic rings. The van der Waals surface area contributed by atoms with Crippen molar-refractivity contribution < 1.29 is 4.74 Å². The van der Waals surface area contributed by atoms with Gasteiger partial charge in [-0.3, -0.25) is 0 Å². The third-order valence-electron chi connectivity index (χ3n) is 3.67. The number of hydrogen-bond acceptors (Lipinski definition) is 5. The van der Waals surface area contributed by atoms with Gasteiger partial charge in [0.15, 0.2) is 0 Å². The van der Waals surface area contributed by atoms with Crippen LogP contribution in [0.2, 0.25) is 0 Å². The monoisotopic (exact) mass is 306 g/mol. The van der Waals surface area contributed by atoms with Crippen molar-refractivity contribution >= 4 is 21.4 Å². The highest BCUT2D eigenvalue weighted by molar-refractivity contribution is 7.20. The van der Waals surface area contributed by atoms with Crippen LogP contribution in [0.4, 0.5) is 5.13 Å². The number of ether oxygens (including phenoxy) is 1. The zero-order valence-electron chi connectivity index (χ0n) is 12.9. The van der Waals surface area contributed by atoms with E-state index in [-0.39, 0.29) is 11.5 Å². The molecule has 0 aromatic carbocycles. The molecule has 3 heterocycles. The lowest BCUT2D eigenvalue weighted by atomic mass is 9.93.